The van der Waals surface area contributed by atoms with Gasteiger partial charge in [0.2, 0.25) is 0 Å². The van der Waals surface area contributed by atoms with Crippen molar-refractivity contribution in [3.63, 3.8) is 0 Å². The minimum Gasteiger partial charge on any atom is -0.508 e. The maximum Gasteiger partial charge on any atom is 0.251 e. The van der Waals surface area contributed by atoms with Crippen LogP contribution in [0.5, 0.6) is 11.5 Å². The molecule has 0 radical (unpaired) electrons. The summed E-state index contributed by atoms with van der Waals surface area (Å²) in [6, 6.07) is 12.0. The van der Waals surface area contributed by atoms with Gasteiger partial charge in [0, 0.05) is 23.4 Å². The highest BCUT2D eigenvalue weighted by Crippen LogP contribution is 2.58. The van der Waals surface area contributed by atoms with E-state index in [0.717, 1.165) is 11.1 Å². The van der Waals surface area contributed by atoms with Gasteiger partial charge in [0.15, 0.2) is 0 Å². The first kappa shape index (κ1) is 14.8. The van der Waals surface area contributed by atoms with E-state index in [1.807, 2.05) is 0 Å². The van der Waals surface area contributed by atoms with E-state index in [9.17, 15) is 13.9 Å². The smallest absolute Gasteiger partial charge is 0.251 e. The van der Waals surface area contributed by atoms with E-state index in [-0.39, 0.29) is 25.0 Å². The van der Waals surface area contributed by atoms with Crippen LogP contribution in [0.3, 0.4) is 0 Å². The van der Waals surface area contributed by atoms with Crippen LogP contribution in [0.4, 0.5) is 8.78 Å². The number of halogens is 3. The first-order chi connectivity index (χ1) is 10.9. The van der Waals surface area contributed by atoms with Gasteiger partial charge in [-0.05, 0) is 36.2 Å². The van der Waals surface area contributed by atoms with Crippen LogP contribution in [0.15, 0.2) is 42.5 Å². The third-order valence-corrected chi connectivity index (χ3v) is 5.31. The fourth-order valence-electron chi connectivity index (χ4n) is 3.94. The van der Waals surface area contributed by atoms with Gasteiger partial charge < -0.3 is 9.84 Å². The molecule has 1 heterocycles. The summed E-state index contributed by atoms with van der Waals surface area (Å²) in [4.78, 5) is 0. The molecule has 0 amide bonds. The van der Waals surface area contributed by atoms with E-state index in [1.165, 1.54) is 0 Å². The summed E-state index contributed by atoms with van der Waals surface area (Å²) in [6.45, 7) is 0. The SMILES string of the molecule is Oc1ccc(C23CCC(F)(F)CC2Oc2cccc(Cl)c23)cc1. The fourth-order valence-corrected chi connectivity index (χ4v) is 4.27. The quantitative estimate of drug-likeness (QED) is 0.801. The van der Waals surface area contributed by atoms with Crippen molar-refractivity contribution in [2.75, 3.05) is 0 Å². The number of phenolic OH excluding ortho intramolecular Hbond substituents is 1. The maximum absolute atomic E-state index is 14.0. The molecular weight excluding hydrogens is 322 g/mol. The predicted octanol–water partition coefficient (Wildman–Crippen LogP) is 4.91. The molecule has 23 heavy (non-hydrogen) atoms. The summed E-state index contributed by atoms with van der Waals surface area (Å²) in [5.41, 5.74) is 0.943. The zero-order valence-corrected chi connectivity index (χ0v) is 13.0. The molecule has 1 aliphatic carbocycles. The normalized spacial score (nSPS) is 27.9. The van der Waals surface area contributed by atoms with Gasteiger partial charge >= 0.3 is 0 Å². The third kappa shape index (κ3) is 2.12. The highest BCUT2D eigenvalue weighted by atomic mass is 35.5. The van der Waals surface area contributed by atoms with Gasteiger partial charge in [-0.15, -0.1) is 0 Å². The monoisotopic (exact) mass is 336 g/mol. The van der Waals surface area contributed by atoms with Crippen molar-refractivity contribution >= 4 is 11.6 Å². The number of aromatic hydroxyl groups is 1. The summed E-state index contributed by atoms with van der Waals surface area (Å²) in [7, 11) is 0. The zero-order chi connectivity index (χ0) is 16.2. The van der Waals surface area contributed by atoms with E-state index in [2.05, 4.69) is 0 Å². The molecule has 2 nitrogen and oxygen atoms in total. The second-order valence-electron chi connectivity index (χ2n) is 6.30. The molecule has 1 N–H and O–H groups in total. The second-order valence-corrected chi connectivity index (χ2v) is 6.70. The average Bonchev–Trinajstić information content (AvgIpc) is 2.82. The molecule has 4 rings (SSSR count). The number of phenols is 1. The molecule has 2 atom stereocenters. The molecule has 0 spiro atoms. The van der Waals surface area contributed by atoms with Crippen molar-refractivity contribution in [2.24, 2.45) is 0 Å². The van der Waals surface area contributed by atoms with Crippen LogP contribution in [0.2, 0.25) is 5.02 Å². The van der Waals surface area contributed by atoms with E-state index < -0.39 is 17.4 Å². The number of hydrogen-bond acceptors (Lipinski definition) is 2. The van der Waals surface area contributed by atoms with Crippen LogP contribution in [0.1, 0.15) is 30.4 Å². The van der Waals surface area contributed by atoms with Crippen molar-refractivity contribution in [1.82, 2.24) is 0 Å². The van der Waals surface area contributed by atoms with Crippen LogP contribution >= 0.6 is 11.6 Å². The molecule has 5 heteroatoms. The van der Waals surface area contributed by atoms with Crippen molar-refractivity contribution < 1.29 is 18.6 Å². The summed E-state index contributed by atoms with van der Waals surface area (Å²) in [5, 5.41) is 10.1. The van der Waals surface area contributed by atoms with Gasteiger partial charge in [-0.2, -0.15) is 0 Å². The van der Waals surface area contributed by atoms with Gasteiger partial charge in [0.1, 0.15) is 17.6 Å². The number of rotatable bonds is 1. The Bertz CT molecular complexity index is 760. The summed E-state index contributed by atoms with van der Waals surface area (Å²) in [6.07, 6.45) is -0.950. The minimum atomic E-state index is -2.74. The summed E-state index contributed by atoms with van der Waals surface area (Å²) < 4.78 is 33.8. The lowest BCUT2D eigenvalue weighted by molar-refractivity contribution is -0.0829. The average molecular weight is 337 g/mol. The predicted molar refractivity (Wildman–Crippen MR) is 83.6 cm³/mol. The molecule has 2 unspecified atom stereocenters. The Balaban J connectivity index is 1.94. The second kappa shape index (κ2) is 4.84. The van der Waals surface area contributed by atoms with Crippen LogP contribution in [0, 0.1) is 0 Å². The van der Waals surface area contributed by atoms with Crippen molar-refractivity contribution in [2.45, 2.75) is 36.7 Å². The van der Waals surface area contributed by atoms with Gasteiger partial charge in [-0.3, -0.25) is 0 Å². The van der Waals surface area contributed by atoms with Gasteiger partial charge in [0.25, 0.3) is 5.92 Å². The molecule has 1 fully saturated rings. The van der Waals surface area contributed by atoms with Crippen LogP contribution in [0.25, 0.3) is 0 Å². The fraction of sp³-hybridized carbons (Fsp3) is 0.333. The number of fused-ring (bicyclic) bond motifs is 3. The van der Waals surface area contributed by atoms with E-state index in [1.54, 1.807) is 42.5 Å². The first-order valence-corrected chi connectivity index (χ1v) is 7.93. The Kier molecular flexibility index (Phi) is 3.11. The molecule has 1 saturated carbocycles. The lowest BCUT2D eigenvalue weighted by Gasteiger charge is -2.41. The molecule has 0 bridgehead atoms. The maximum atomic E-state index is 14.0. The zero-order valence-electron chi connectivity index (χ0n) is 12.2. The standard InChI is InChI=1S/C18H15ClF2O2/c19-13-2-1-3-14-16(13)18(11-4-6-12(22)7-5-11)9-8-17(20,21)10-15(18)23-14/h1-7,15,22H,8-10H2. The van der Waals surface area contributed by atoms with E-state index in [0.29, 0.717) is 10.8 Å². The molecule has 2 aromatic rings. The Hall–Kier alpha value is -1.81. The molecule has 0 saturated heterocycles. The number of benzene rings is 2. The van der Waals surface area contributed by atoms with Crippen molar-refractivity contribution in [3.8, 4) is 11.5 Å². The van der Waals surface area contributed by atoms with Crippen LogP contribution in [-0.2, 0) is 5.41 Å². The van der Waals surface area contributed by atoms with Crippen molar-refractivity contribution in [1.29, 1.82) is 0 Å². The molecule has 2 aliphatic rings. The van der Waals surface area contributed by atoms with Crippen molar-refractivity contribution in [3.05, 3.63) is 58.6 Å². The molecular formula is C18H15ClF2O2. The van der Waals surface area contributed by atoms with Gasteiger partial charge in [-0.25, -0.2) is 8.78 Å². The minimum absolute atomic E-state index is 0.140. The molecule has 0 aromatic heterocycles. The van der Waals surface area contributed by atoms with E-state index >= 15 is 0 Å². The number of alkyl halides is 2. The summed E-state index contributed by atoms with van der Waals surface area (Å²) in [5.74, 6) is -2.02. The third-order valence-electron chi connectivity index (χ3n) is 4.99. The highest BCUT2D eigenvalue weighted by molar-refractivity contribution is 6.31. The molecule has 2 aromatic carbocycles. The lowest BCUT2D eigenvalue weighted by atomic mass is 9.63. The first-order valence-electron chi connectivity index (χ1n) is 7.55. The Morgan fingerprint density at radius 2 is 1.83 bits per heavy atom. The Labute approximate surface area is 137 Å². The van der Waals surface area contributed by atoms with Crippen LogP contribution < -0.4 is 4.74 Å². The number of ether oxygens (including phenoxy) is 1. The van der Waals surface area contributed by atoms with E-state index in [4.69, 9.17) is 16.3 Å². The Morgan fingerprint density at radius 3 is 2.57 bits per heavy atom. The van der Waals surface area contributed by atoms with Crippen LogP contribution in [-0.4, -0.2) is 17.1 Å². The largest absolute Gasteiger partial charge is 0.508 e. The Morgan fingerprint density at radius 1 is 1.09 bits per heavy atom. The van der Waals surface area contributed by atoms with Gasteiger partial charge in [-0.1, -0.05) is 29.8 Å². The molecule has 120 valence electrons. The van der Waals surface area contributed by atoms with Gasteiger partial charge in [0.05, 0.1) is 5.41 Å². The molecule has 1 aliphatic heterocycles. The number of hydrogen-bond donors (Lipinski definition) is 1. The summed E-state index contributed by atoms with van der Waals surface area (Å²) >= 11 is 6.41. The lowest BCUT2D eigenvalue weighted by Crippen LogP contribution is -2.48. The highest BCUT2D eigenvalue weighted by Gasteiger charge is 2.58. The topological polar surface area (TPSA) is 29.5 Å².